The molecule has 5 rings (SSSR count). The van der Waals surface area contributed by atoms with Crippen molar-refractivity contribution in [2.45, 2.75) is 39.0 Å². The highest BCUT2D eigenvalue weighted by molar-refractivity contribution is 6.03. The zero-order valence-corrected chi connectivity index (χ0v) is 21.6. The number of fused-ring (bicyclic) bond motifs is 1. The van der Waals surface area contributed by atoms with Crippen molar-refractivity contribution in [3.05, 3.63) is 89.9 Å². The second kappa shape index (κ2) is 11.2. The molecule has 0 aliphatic carbocycles. The van der Waals surface area contributed by atoms with Crippen LogP contribution in [0.15, 0.2) is 73.1 Å². The first-order valence-electron chi connectivity index (χ1n) is 12.9. The number of hydrogen-bond donors (Lipinski definition) is 2. The van der Waals surface area contributed by atoms with E-state index in [4.69, 9.17) is 9.84 Å². The van der Waals surface area contributed by atoms with E-state index in [1.165, 1.54) is 5.56 Å². The number of carbonyl (C=O) groups is 1. The van der Waals surface area contributed by atoms with E-state index in [1.807, 2.05) is 36.4 Å². The standard InChI is InChI=1S/C30H32N4O4/c1-20(2)22-5-3-21(4-6-22)19-38-26-9-7-23(8-10-26)27-28(24-11-13-31-14-12-24)32-34-16-15-33(17-25(36)18-35)30(37)29(27)34/h3-14,20,25,35-36H,15-19H2,1-2H3. The molecule has 196 valence electrons. The summed E-state index contributed by atoms with van der Waals surface area (Å²) in [6.45, 7) is 5.38. The topological polar surface area (TPSA) is 101 Å². The van der Waals surface area contributed by atoms with E-state index < -0.39 is 12.7 Å². The molecule has 1 unspecified atom stereocenters. The smallest absolute Gasteiger partial charge is 0.272 e. The summed E-state index contributed by atoms with van der Waals surface area (Å²) >= 11 is 0. The normalized spacial score (nSPS) is 14.0. The second-order valence-corrected chi connectivity index (χ2v) is 9.83. The molecule has 2 aromatic carbocycles. The summed E-state index contributed by atoms with van der Waals surface area (Å²) in [4.78, 5) is 19.2. The van der Waals surface area contributed by atoms with Crippen LogP contribution in [0, 0.1) is 0 Å². The second-order valence-electron chi connectivity index (χ2n) is 9.83. The number of nitrogens with zero attached hydrogens (tertiary/aromatic N) is 4. The van der Waals surface area contributed by atoms with Crippen LogP contribution in [-0.2, 0) is 13.2 Å². The molecular formula is C30H32N4O4. The first kappa shape index (κ1) is 25.6. The molecule has 4 aromatic rings. The van der Waals surface area contributed by atoms with Gasteiger partial charge in [-0.25, -0.2) is 0 Å². The van der Waals surface area contributed by atoms with Gasteiger partial charge in [0.05, 0.1) is 19.3 Å². The third-order valence-electron chi connectivity index (χ3n) is 6.81. The Morgan fingerprint density at radius 2 is 1.66 bits per heavy atom. The van der Waals surface area contributed by atoms with Crippen LogP contribution < -0.4 is 4.74 Å². The third kappa shape index (κ3) is 5.32. The molecule has 8 nitrogen and oxygen atoms in total. The first-order chi connectivity index (χ1) is 18.4. The van der Waals surface area contributed by atoms with Crippen molar-refractivity contribution in [3.8, 4) is 28.1 Å². The highest BCUT2D eigenvalue weighted by Gasteiger charge is 2.33. The number of ether oxygens (including phenoxy) is 1. The molecule has 1 aliphatic rings. The Morgan fingerprint density at radius 1 is 0.947 bits per heavy atom. The minimum Gasteiger partial charge on any atom is -0.489 e. The van der Waals surface area contributed by atoms with Crippen molar-refractivity contribution in [1.82, 2.24) is 19.7 Å². The predicted molar refractivity (Wildman–Crippen MR) is 145 cm³/mol. The highest BCUT2D eigenvalue weighted by Crippen LogP contribution is 2.37. The van der Waals surface area contributed by atoms with E-state index in [2.05, 4.69) is 43.1 Å². The summed E-state index contributed by atoms with van der Waals surface area (Å²) in [6, 6.07) is 19.9. The minimum absolute atomic E-state index is 0.0649. The van der Waals surface area contributed by atoms with Crippen molar-refractivity contribution >= 4 is 5.91 Å². The van der Waals surface area contributed by atoms with Gasteiger partial charge in [0.15, 0.2) is 0 Å². The van der Waals surface area contributed by atoms with Crippen molar-refractivity contribution in [2.75, 3.05) is 19.7 Å². The van der Waals surface area contributed by atoms with Gasteiger partial charge in [0.1, 0.15) is 23.7 Å². The fraction of sp³-hybridized carbons (Fsp3) is 0.300. The van der Waals surface area contributed by atoms with Crippen LogP contribution in [-0.4, -0.2) is 61.6 Å². The molecule has 0 fully saturated rings. The lowest BCUT2D eigenvalue weighted by Crippen LogP contribution is -2.45. The van der Waals surface area contributed by atoms with Crippen LogP contribution in [0.2, 0.25) is 0 Å². The first-order valence-corrected chi connectivity index (χ1v) is 12.9. The van der Waals surface area contributed by atoms with E-state index in [0.717, 1.165) is 28.0 Å². The molecule has 0 saturated carbocycles. The van der Waals surface area contributed by atoms with Gasteiger partial charge in [-0.05, 0) is 46.9 Å². The highest BCUT2D eigenvalue weighted by atomic mass is 16.5. The summed E-state index contributed by atoms with van der Waals surface area (Å²) in [6.07, 6.45) is 2.41. The predicted octanol–water partition coefficient (Wildman–Crippen LogP) is 4.12. The molecule has 0 spiro atoms. The number of amides is 1. The number of aromatic nitrogens is 3. The van der Waals surface area contributed by atoms with Gasteiger partial charge in [0, 0.05) is 36.6 Å². The summed E-state index contributed by atoms with van der Waals surface area (Å²) in [5, 5.41) is 24.0. The van der Waals surface area contributed by atoms with Crippen LogP contribution in [0.3, 0.4) is 0 Å². The summed E-state index contributed by atoms with van der Waals surface area (Å²) < 4.78 is 7.77. The van der Waals surface area contributed by atoms with E-state index in [0.29, 0.717) is 37.0 Å². The number of hydrogen-bond acceptors (Lipinski definition) is 6. The maximum atomic E-state index is 13.5. The van der Waals surface area contributed by atoms with Gasteiger partial charge in [0.2, 0.25) is 0 Å². The molecule has 3 heterocycles. The van der Waals surface area contributed by atoms with E-state index in [-0.39, 0.29) is 12.5 Å². The summed E-state index contributed by atoms with van der Waals surface area (Å²) in [7, 11) is 0. The lowest BCUT2D eigenvalue weighted by Gasteiger charge is -2.29. The van der Waals surface area contributed by atoms with Gasteiger partial charge in [-0.1, -0.05) is 50.2 Å². The lowest BCUT2D eigenvalue weighted by molar-refractivity contribution is 0.0406. The Hall–Kier alpha value is -4.01. The van der Waals surface area contributed by atoms with Gasteiger partial charge in [0.25, 0.3) is 5.91 Å². The molecule has 1 atom stereocenters. The van der Waals surface area contributed by atoms with Crippen molar-refractivity contribution in [1.29, 1.82) is 0 Å². The summed E-state index contributed by atoms with van der Waals surface area (Å²) in [5.41, 5.74) is 5.97. The number of carbonyl (C=O) groups excluding carboxylic acids is 1. The number of aliphatic hydroxyl groups excluding tert-OH is 2. The van der Waals surface area contributed by atoms with Gasteiger partial charge in [-0.2, -0.15) is 5.10 Å². The molecule has 2 aromatic heterocycles. The lowest BCUT2D eigenvalue weighted by atomic mass is 9.98. The van der Waals surface area contributed by atoms with Crippen molar-refractivity contribution in [3.63, 3.8) is 0 Å². The molecule has 0 bridgehead atoms. The zero-order chi connectivity index (χ0) is 26.6. The van der Waals surface area contributed by atoms with Crippen LogP contribution in [0.4, 0.5) is 0 Å². The fourth-order valence-corrected chi connectivity index (χ4v) is 4.66. The average molecular weight is 513 g/mol. The molecule has 2 N–H and O–H groups in total. The molecule has 8 heteroatoms. The Morgan fingerprint density at radius 3 is 2.32 bits per heavy atom. The van der Waals surface area contributed by atoms with Crippen molar-refractivity contribution in [2.24, 2.45) is 0 Å². The zero-order valence-electron chi connectivity index (χ0n) is 21.6. The van der Waals surface area contributed by atoms with Crippen LogP contribution in [0.1, 0.15) is 41.4 Å². The maximum Gasteiger partial charge on any atom is 0.272 e. The Bertz CT molecular complexity index is 1380. The number of β-amino-alcohol motifs (C(OH)–C–C–N with tert-alkyl or cyclic N) is 1. The Balaban J connectivity index is 1.44. The van der Waals surface area contributed by atoms with Crippen LogP contribution in [0.25, 0.3) is 22.4 Å². The maximum absolute atomic E-state index is 13.5. The van der Waals surface area contributed by atoms with E-state index >= 15 is 0 Å². The SMILES string of the molecule is CC(C)c1ccc(COc2ccc(-c3c(-c4ccncc4)nn4c3C(=O)N(CC(O)CO)CC4)cc2)cc1. The van der Waals surface area contributed by atoms with E-state index in [9.17, 15) is 15.0 Å². The average Bonchev–Trinajstić information content (AvgIpc) is 3.35. The number of benzene rings is 2. The monoisotopic (exact) mass is 512 g/mol. The van der Waals surface area contributed by atoms with Gasteiger partial charge < -0.3 is 19.8 Å². The molecule has 1 amide bonds. The van der Waals surface area contributed by atoms with Gasteiger partial charge >= 0.3 is 0 Å². The molecular weight excluding hydrogens is 480 g/mol. The Kier molecular flexibility index (Phi) is 7.53. The molecule has 0 radical (unpaired) electrons. The minimum atomic E-state index is -0.991. The number of pyridine rings is 1. The summed E-state index contributed by atoms with van der Waals surface area (Å²) in [5.74, 6) is 0.992. The quantitative estimate of drug-likeness (QED) is 0.350. The largest absolute Gasteiger partial charge is 0.489 e. The Labute approximate surface area is 222 Å². The van der Waals surface area contributed by atoms with Crippen molar-refractivity contribution < 1.29 is 19.7 Å². The molecule has 1 aliphatic heterocycles. The van der Waals surface area contributed by atoms with Crippen LogP contribution >= 0.6 is 0 Å². The van der Waals surface area contributed by atoms with Gasteiger partial charge in [-0.3, -0.25) is 14.5 Å². The molecule has 0 saturated heterocycles. The van der Waals surface area contributed by atoms with Gasteiger partial charge in [-0.15, -0.1) is 0 Å². The van der Waals surface area contributed by atoms with Crippen LogP contribution in [0.5, 0.6) is 5.75 Å². The number of rotatable bonds is 9. The fourth-order valence-electron chi connectivity index (χ4n) is 4.66. The van der Waals surface area contributed by atoms with E-state index in [1.54, 1.807) is 22.0 Å². The third-order valence-corrected chi connectivity index (χ3v) is 6.81. The molecule has 38 heavy (non-hydrogen) atoms. The number of aliphatic hydroxyl groups is 2.